The van der Waals surface area contributed by atoms with E-state index in [9.17, 15) is 5.11 Å². The lowest BCUT2D eigenvalue weighted by molar-refractivity contribution is 0.0881. The van der Waals surface area contributed by atoms with Gasteiger partial charge in [0.05, 0.1) is 6.10 Å². The molecule has 2 aromatic rings. The zero-order chi connectivity index (χ0) is 21.1. The fourth-order valence-electron chi connectivity index (χ4n) is 5.57. The standard InChI is InChI=1S/C29H40O/c1-4-6-7-23-9-8-22(14-20(23)3)16-27-18-25(12-13-29(27)24-10-11-24)26-15-21(5-2)17-28(30)19-26/h8-9,12-14,18,21,24,26,28,30H,4-7,10-11,15-17,19H2,1-3H3. The quantitative estimate of drug-likeness (QED) is 0.484. The maximum absolute atomic E-state index is 10.4. The Morgan fingerprint density at radius 3 is 2.43 bits per heavy atom. The summed E-state index contributed by atoms with van der Waals surface area (Å²) in [6.07, 6.45) is 11.7. The summed E-state index contributed by atoms with van der Waals surface area (Å²) in [6, 6.07) is 14.5. The van der Waals surface area contributed by atoms with Gasteiger partial charge in [0.2, 0.25) is 0 Å². The summed E-state index contributed by atoms with van der Waals surface area (Å²) in [5.41, 5.74) is 8.98. The van der Waals surface area contributed by atoms with Gasteiger partial charge in [-0.05, 0) is 109 Å². The first-order valence-electron chi connectivity index (χ1n) is 12.5. The van der Waals surface area contributed by atoms with Gasteiger partial charge in [0.25, 0.3) is 0 Å². The van der Waals surface area contributed by atoms with Crippen LogP contribution in [0.15, 0.2) is 36.4 Å². The molecule has 3 unspecified atom stereocenters. The molecular formula is C29H40O. The van der Waals surface area contributed by atoms with E-state index >= 15 is 0 Å². The van der Waals surface area contributed by atoms with E-state index in [0.29, 0.717) is 11.8 Å². The highest BCUT2D eigenvalue weighted by Crippen LogP contribution is 2.44. The Hall–Kier alpha value is -1.60. The van der Waals surface area contributed by atoms with Crippen LogP contribution < -0.4 is 0 Å². The monoisotopic (exact) mass is 404 g/mol. The van der Waals surface area contributed by atoms with Crippen molar-refractivity contribution in [1.82, 2.24) is 0 Å². The van der Waals surface area contributed by atoms with Crippen LogP contribution in [0.25, 0.3) is 0 Å². The molecular weight excluding hydrogens is 364 g/mol. The van der Waals surface area contributed by atoms with Gasteiger partial charge in [-0.2, -0.15) is 0 Å². The fraction of sp³-hybridized carbons (Fsp3) is 0.586. The lowest BCUT2D eigenvalue weighted by Crippen LogP contribution is -2.25. The lowest BCUT2D eigenvalue weighted by Gasteiger charge is -2.32. The number of benzene rings is 2. The van der Waals surface area contributed by atoms with Crippen LogP contribution in [-0.4, -0.2) is 11.2 Å². The molecule has 162 valence electrons. The van der Waals surface area contributed by atoms with Crippen molar-refractivity contribution in [3.63, 3.8) is 0 Å². The zero-order valence-corrected chi connectivity index (χ0v) is 19.3. The first-order valence-corrected chi connectivity index (χ1v) is 12.5. The number of hydrogen-bond donors (Lipinski definition) is 1. The Balaban J connectivity index is 1.57. The molecule has 30 heavy (non-hydrogen) atoms. The first-order chi connectivity index (χ1) is 14.6. The largest absolute Gasteiger partial charge is 0.393 e. The van der Waals surface area contributed by atoms with Crippen molar-refractivity contribution in [2.24, 2.45) is 5.92 Å². The Morgan fingerprint density at radius 1 is 0.900 bits per heavy atom. The molecule has 0 bridgehead atoms. The summed E-state index contributed by atoms with van der Waals surface area (Å²) in [7, 11) is 0. The van der Waals surface area contributed by atoms with Gasteiger partial charge in [0.1, 0.15) is 0 Å². The van der Waals surface area contributed by atoms with E-state index < -0.39 is 0 Å². The van der Waals surface area contributed by atoms with Gasteiger partial charge in [-0.3, -0.25) is 0 Å². The molecule has 0 radical (unpaired) electrons. The molecule has 2 aliphatic rings. The highest BCUT2D eigenvalue weighted by atomic mass is 16.3. The second kappa shape index (κ2) is 9.69. The predicted octanol–water partition coefficient (Wildman–Crippen LogP) is 7.46. The number of aliphatic hydroxyl groups is 1. The average molecular weight is 405 g/mol. The van der Waals surface area contributed by atoms with E-state index in [0.717, 1.165) is 25.2 Å². The number of aliphatic hydroxyl groups excluding tert-OH is 1. The van der Waals surface area contributed by atoms with Crippen LogP contribution in [0.4, 0.5) is 0 Å². The van der Waals surface area contributed by atoms with Crippen molar-refractivity contribution >= 4 is 0 Å². The fourth-order valence-corrected chi connectivity index (χ4v) is 5.57. The van der Waals surface area contributed by atoms with Crippen LogP contribution in [0.5, 0.6) is 0 Å². The van der Waals surface area contributed by atoms with Crippen molar-refractivity contribution in [3.8, 4) is 0 Å². The molecule has 0 amide bonds. The maximum atomic E-state index is 10.4. The molecule has 4 rings (SSSR count). The van der Waals surface area contributed by atoms with Crippen LogP contribution in [0, 0.1) is 12.8 Å². The van der Waals surface area contributed by atoms with Gasteiger partial charge in [-0.1, -0.05) is 63.1 Å². The van der Waals surface area contributed by atoms with E-state index in [1.165, 1.54) is 72.8 Å². The van der Waals surface area contributed by atoms with Gasteiger partial charge in [0, 0.05) is 0 Å². The minimum atomic E-state index is -0.126. The summed E-state index contributed by atoms with van der Waals surface area (Å²) in [6.45, 7) is 6.82. The van der Waals surface area contributed by atoms with Gasteiger partial charge < -0.3 is 5.11 Å². The molecule has 2 aromatic carbocycles. The van der Waals surface area contributed by atoms with E-state index in [4.69, 9.17) is 0 Å². The maximum Gasteiger partial charge on any atom is 0.0548 e. The summed E-state index contributed by atoms with van der Waals surface area (Å²) in [5, 5.41) is 10.4. The number of unbranched alkanes of at least 4 members (excludes halogenated alkanes) is 1. The Kier molecular flexibility index (Phi) is 6.98. The first kappa shape index (κ1) is 21.6. The van der Waals surface area contributed by atoms with Crippen molar-refractivity contribution in [1.29, 1.82) is 0 Å². The van der Waals surface area contributed by atoms with Crippen molar-refractivity contribution in [3.05, 3.63) is 69.8 Å². The van der Waals surface area contributed by atoms with Crippen LogP contribution in [-0.2, 0) is 12.8 Å². The second-order valence-corrected chi connectivity index (χ2v) is 10.1. The third-order valence-corrected chi connectivity index (χ3v) is 7.61. The summed E-state index contributed by atoms with van der Waals surface area (Å²) in [5.74, 6) is 1.96. The minimum Gasteiger partial charge on any atom is -0.393 e. The molecule has 0 heterocycles. The van der Waals surface area contributed by atoms with Crippen molar-refractivity contribution in [2.75, 3.05) is 0 Å². The molecule has 1 heteroatoms. The van der Waals surface area contributed by atoms with Crippen LogP contribution >= 0.6 is 0 Å². The van der Waals surface area contributed by atoms with Gasteiger partial charge in [0.15, 0.2) is 0 Å². The smallest absolute Gasteiger partial charge is 0.0548 e. The molecule has 0 saturated heterocycles. The molecule has 3 atom stereocenters. The highest BCUT2D eigenvalue weighted by molar-refractivity contribution is 5.42. The third-order valence-electron chi connectivity index (χ3n) is 7.61. The van der Waals surface area contributed by atoms with Crippen LogP contribution in [0.2, 0.25) is 0 Å². The van der Waals surface area contributed by atoms with E-state index in [1.807, 2.05) is 0 Å². The normalized spacial score (nSPS) is 24.2. The van der Waals surface area contributed by atoms with Gasteiger partial charge in [-0.15, -0.1) is 0 Å². The third kappa shape index (κ3) is 5.17. The van der Waals surface area contributed by atoms with Crippen LogP contribution in [0.3, 0.4) is 0 Å². The average Bonchev–Trinajstić information content (AvgIpc) is 3.58. The lowest BCUT2D eigenvalue weighted by atomic mass is 9.75. The summed E-state index contributed by atoms with van der Waals surface area (Å²) in [4.78, 5) is 0. The van der Waals surface area contributed by atoms with Gasteiger partial charge >= 0.3 is 0 Å². The van der Waals surface area contributed by atoms with Crippen molar-refractivity contribution < 1.29 is 5.11 Å². The molecule has 2 aliphatic carbocycles. The van der Waals surface area contributed by atoms with E-state index in [2.05, 4.69) is 57.2 Å². The van der Waals surface area contributed by atoms with Crippen molar-refractivity contribution in [2.45, 2.75) is 103 Å². The highest BCUT2D eigenvalue weighted by Gasteiger charge is 2.30. The second-order valence-electron chi connectivity index (χ2n) is 10.1. The Labute approximate surface area is 183 Å². The zero-order valence-electron chi connectivity index (χ0n) is 19.3. The number of aryl methyl sites for hydroxylation is 2. The molecule has 1 N–H and O–H groups in total. The topological polar surface area (TPSA) is 20.2 Å². The number of rotatable bonds is 8. The predicted molar refractivity (Wildman–Crippen MR) is 127 cm³/mol. The minimum absolute atomic E-state index is 0.126. The number of hydrogen-bond acceptors (Lipinski definition) is 1. The molecule has 0 aromatic heterocycles. The Morgan fingerprint density at radius 2 is 1.73 bits per heavy atom. The summed E-state index contributed by atoms with van der Waals surface area (Å²) < 4.78 is 0. The molecule has 0 spiro atoms. The molecule has 2 fully saturated rings. The Bertz CT molecular complexity index is 847. The van der Waals surface area contributed by atoms with E-state index in [1.54, 1.807) is 5.56 Å². The van der Waals surface area contributed by atoms with Crippen LogP contribution in [0.1, 0.15) is 110 Å². The summed E-state index contributed by atoms with van der Waals surface area (Å²) >= 11 is 0. The van der Waals surface area contributed by atoms with E-state index in [-0.39, 0.29) is 6.10 Å². The molecule has 2 saturated carbocycles. The molecule has 0 aliphatic heterocycles. The molecule has 1 nitrogen and oxygen atoms in total. The SMILES string of the molecule is CCCCc1ccc(Cc2cc(C3CC(O)CC(CC)C3)ccc2C2CC2)cc1C. The van der Waals surface area contributed by atoms with Gasteiger partial charge in [-0.25, -0.2) is 0 Å².